The fraction of sp³-hybridized carbons (Fsp3) is 0.350. The third kappa shape index (κ3) is 3.33. The van der Waals surface area contributed by atoms with Crippen LogP contribution in [-0.2, 0) is 12.0 Å². The molecule has 1 fully saturated rings. The van der Waals surface area contributed by atoms with Crippen LogP contribution in [0.1, 0.15) is 36.8 Å². The molecule has 1 aliphatic carbocycles. The molecule has 3 rings (SSSR count). The van der Waals surface area contributed by atoms with E-state index in [0.29, 0.717) is 29.9 Å². The maximum atomic E-state index is 11.7. The van der Waals surface area contributed by atoms with Crippen molar-refractivity contribution in [1.82, 2.24) is 0 Å². The summed E-state index contributed by atoms with van der Waals surface area (Å²) in [5.41, 5.74) is 0.461. The summed E-state index contributed by atoms with van der Waals surface area (Å²) in [4.78, 5) is 11.2. The summed E-state index contributed by atoms with van der Waals surface area (Å²) >= 11 is 0. The van der Waals surface area contributed by atoms with Gasteiger partial charge in [-0.1, -0.05) is 43.2 Å². The van der Waals surface area contributed by atoms with E-state index in [0.717, 1.165) is 18.4 Å². The number of nitro benzene ring substituents is 1. The van der Waals surface area contributed by atoms with Gasteiger partial charge in [-0.05, 0) is 24.5 Å². The Morgan fingerprint density at radius 1 is 1.19 bits per heavy atom. The van der Waals surface area contributed by atoms with Gasteiger partial charge in [0.15, 0.2) is 11.5 Å². The molecule has 0 atom stereocenters. The standard InChI is InChI=1S/C20H20N2O4/c1-25-18-11-16(20(14-21)9-5-6-10-20)17(22(23)24)12-19(18)26-13-15-7-3-2-4-8-15/h2-4,7-8,11-12H,5-6,9-10,13H2,1H3. The Balaban J connectivity index is 2.00. The zero-order valence-corrected chi connectivity index (χ0v) is 14.6. The van der Waals surface area contributed by atoms with Crippen LogP contribution < -0.4 is 9.47 Å². The quantitative estimate of drug-likeness (QED) is 0.564. The van der Waals surface area contributed by atoms with Crippen LogP contribution in [-0.4, -0.2) is 12.0 Å². The highest BCUT2D eigenvalue weighted by molar-refractivity contribution is 5.59. The number of nitriles is 1. The third-order valence-corrected chi connectivity index (χ3v) is 4.90. The van der Waals surface area contributed by atoms with Crippen LogP contribution in [0.2, 0.25) is 0 Å². The van der Waals surface area contributed by atoms with Gasteiger partial charge in [0, 0.05) is 0 Å². The molecule has 0 bridgehead atoms. The van der Waals surface area contributed by atoms with Crippen molar-refractivity contribution in [2.24, 2.45) is 0 Å². The molecular weight excluding hydrogens is 332 g/mol. The molecule has 0 aromatic heterocycles. The normalized spacial score (nSPS) is 15.2. The Hall–Kier alpha value is -3.07. The molecule has 1 saturated carbocycles. The third-order valence-electron chi connectivity index (χ3n) is 4.90. The number of hydrogen-bond donors (Lipinski definition) is 0. The monoisotopic (exact) mass is 352 g/mol. The smallest absolute Gasteiger partial charge is 0.278 e. The first-order valence-electron chi connectivity index (χ1n) is 8.54. The zero-order valence-electron chi connectivity index (χ0n) is 14.6. The van der Waals surface area contributed by atoms with Crippen molar-refractivity contribution in [2.45, 2.75) is 37.7 Å². The van der Waals surface area contributed by atoms with E-state index in [1.807, 2.05) is 30.3 Å². The number of nitrogens with zero attached hydrogens (tertiary/aromatic N) is 2. The molecule has 2 aromatic carbocycles. The molecule has 1 aliphatic rings. The summed E-state index contributed by atoms with van der Waals surface area (Å²) in [5, 5.41) is 21.4. The Kier molecular flexibility index (Phi) is 5.08. The molecule has 0 radical (unpaired) electrons. The van der Waals surface area contributed by atoms with Crippen LogP contribution in [0.15, 0.2) is 42.5 Å². The van der Waals surface area contributed by atoms with Crippen LogP contribution in [0.5, 0.6) is 11.5 Å². The van der Waals surface area contributed by atoms with Gasteiger partial charge in [0.1, 0.15) is 6.61 Å². The molecule has 0 spiro atoms. The number of rotatable bonds is 6. The zero-order chi connectivity index (χ0) is 18.6. The number of hydrogen-bond acceptors (Lipinski definition) is 5. The van der Waals surface area contributed by atoms with Gasteiger partial charge in [0.2, 0.25) is 0 Å². The molecule has 0 heterocycles. The largest absolute Gasteiger partial charge is 0.493 e. The van der Waals surface area contributed by atoms with E-state index in [9.17, 15) is 15.4 Å². The number of nitro groups is 1. The number of ether oxygens (including phenoxy) is 2. The fourth-order valence-corrected chi connectivity index (χ4v) is 3.51. The molecule has 0 saturated heterocycles. The molecule has 6 heteroatoms. The van der Waals surface area contributed by atoms with E-state index in [2.05, 4.69) is 6.07 Å². The first-order chi connectivity index (χ1) is 12.6. The van der Waals surface area contributed by atoms with Gasteiger partial charge < -0.3 is 9.47 Å². The van der Waals surface area contributed by atoms with Gasteiger partial charge in [-0.25, -0.2) is 0 Å². The molecule has 0 aliphatic heterocycles. The molecule has 0 unspecified atom stereocenters. The molecule has 6 nitrogen and oxygen atoms in total. The highest BCUT2D eigenvalue weighted by Crippen LogP contribution is 2.47. The highest BCUT2D eigenvalue weighted by atomic mass is 16.6. The van der Waals surface area contributed by atoms with Crippen molar-refractivity contribution in [2.75, 3.05) is 7.11 Å². The van der Waals surface area contributed by atoms with Crippen molar-refractivity contribution < 1.29 is 14.4 Å². The Bertz CT molecular complexity index is 837. The van der Waals surface area contributed by atoms with Crippen LogP contribution in [0.4, 0.5) is 5.69 Å². The van der Waals surface area contributed by atoms with Crippen LogP contribution in [0, 0.1) is 21.4 Å². The van der Waals surface area contributed by atoms with E-state index in [-0.39, 0.29) is 12.3 Å². The van der Waals surface area contributed by atoms with Crippen LogP contribution in [0.3, 0.4) is 0 Å². The minimum absolute atomic E-state index is 0.0858. The molecule has 0 N–H and O–H groups in total. The van der Waals surface area contributed by atoms with E-state index >= 15 is 0 Å². The Morgan fingerprint density at radius 2 is 1.88 bits per heavy atom. The lowest BCUT2D eigenvalue weighted by atomic mass is 9.79. The maximum absolute atomic E-state index is 11.7. The molecule has 26 heavy (non-hydrogen) atoms. The Morgan fingerprint density at radius 3 is 2.46 bits per heavy atom. The van der Waals surface area contributed by atoms with Crippen LogP contribution in [0.25, 0.3) is 0 Å². The summed E-state index contributed by atoms with van der Waals surface area (Å²) in [6.07, 6.45) is 3.02. The SMILES string of the molecule is COc1cc(C2(C#N)CCCC2)c([N+](=O)[O-])cc1OCc1ccccc1. The van der Waals surface area contributed by atoms with E-state index < -0.39 is 10.3 Å². The lowest BCUT2D eigenvalue weighted by Gasteiger charge is -2.22. The Labute approximate surface area is 152 Å². The minimum atomic E-state index is -0.826. The van der Waals surface area contributed by atoms with Crippen molar-refractivity contribution in [3.8, 4) is 17.6 Å². The minimum Gasteiger partial charge on any atom is -0.493 e. The van der Waals surface area contributed by atoms with E-state index in [1.54, 1.807) is 6.07 Å². The second-order valence-corrected chi connectivity index (χ2v) is 6.45. The maximum Gasteiger partial charge on any atom is 0.278 e. The average Bonchev–Trinajstić information content (AvgIpc) is 3.16. The first-order valence-corrected chi connectivity index (χ1v) is 8.54. The summed E-state index contributed by atoms with van der Waals surface area (Å²) in [6, 6.07) is 14.8. The fourth-order valence-electron chi connectivity index (χ4n) is 3.51. The second-order valence-electron chi connectivity index (χ2n) is 6.45. The lowest BCUT2D eigenvalue weighted by Crippen LogP contribution is -2.21. The molecule has 2 aromatic rings. The summed E-state index contributed by atoms with van der Waals surface area (Å²) in [5.74, 6) is 0.709. The highest BCUT2D eigenvalue weighted by Gasteiger charge is 2.41. The molecule has 0 amide bonds. The van der Waals surface area contributed by atoms with E-state index in [4.69, 9.17) is 9.47 Å². The average molecular weight is 352 g/mol. The van der Waals surface area contributed by atoms with Crippen molar-refractivity contribution >= 4 is 5.69 Å². The lowest BCUT2D eigenvalue weighted by molar-refractivity contribution is -0.386. The van der Waals surface area contributed by atoms with Gasteiger partial charge in [-0.15, -0.1) is 0 Å². The van der Waals surface area contributed by atoms with Gasteiger partial charge in [0.25, 0.3) is 5.69 Å². The van der Waals surface area contributed by atoms with Gasteiger partial charge in [0.05, 0.1) is 35.1 Å². The van der Waals surface area contributed by atoms with Gasteiger partial charge in [-0.2, -0.15) is 5.26 Å². The topological polar surface area (TPSA) is 85.4 Å². The first kappa shape index (κ1) is 17.7. The number of methoxy groups -OCH3 is 1. The molecular formula is C20H20N2O4. The van der Waals surface area contributed by atoms with E-state index in [1.165, 1.54) is 13.2 Å². The molecule has 134 valence electrons. The van der Waals surface area contributed by atoms with Crippen molar-refractivity contribution in [3.05, 3.63) is 63.7 Å². The second kappa shape index (κ2) is 7.44. The van der Waals surface area contributed by atoms with Gasteiger partial charge in [-0.3, -0.25) is 10.1 Å². The predicted octanol–water partition coefficient (Wildman–Crippen LogP) is 4.52. The summed E-state index contributed by atoms with van der Waals surface area (Å²) in [7, 11) is 1.49. The van der Waals surface area contributed by atoms with Crippen molar-refractivity contribution in [1.29, 1.82) is 5.26 Å². The number of benzene rings is 2. The van der Waals surface area contributed by atoms with Gasteiger partial charge >= 0.3 is 0 Å². The predicted molar refractivity (Wildman–Crippen MR) is 96.2 cm³/mol. The van der Waals surface area contributed by atoms with Crippen LogP contribution >= 0.6 is 0 Å². The summed E-state index contributed by atoms with van der Waals surface area (Å²) in [6.45, 7) is 0.275. The van der Waals surface area contributed by atoms with Crippen molar-refractivity contribution in [3.63, 3.8) is 0 Å². The summed E-state index contributed by atoms with van der Waals surface area (Å²) < 4.78 is 11.2.